The zero-order valence-corrected chi connectivity index (χ0v) is 18.5. The maximum atomic E-state index is 11.7. The summed E-state index contributed by atoms with van der Waals surface area (Å²) in [6.07, 6.45) is 0. The molecule has 0 atom stereocenters. The zero-order valence-electron chi connectivity index (χ0n) is 18.5. The molecule has 0 aromatic heterocycles. The van der Waals surface area contributed by atoms with Gasteiger partial charge in [-0.1, -0.05) is 19.9 Å². The summed E-state index contributed by atoms with van der Waals surface area (Å²) in [5, 5.41) is 37.3. The van der Waals surface area contributed by atoms with Crippen molar-refractivity contribution in [3.63, 3.8) is 0 Å². The van der Waals surface area contributed by atoms with Gasteiger partial charge in [0.1, 0.15) is 34.1 Å². The van der Waals surface area contributed by atoms with E-state index in [1.807, 2.05) is 13.8 Å². The minimum absolute atomic E-state index is 0.0601. The second-order valence-corrected chi connectivity index (χ2v) is 7.70. The SMILES string of the molecule is CC(C)c1ccc(Oc2ccc(C(=O)O)cc2C(=O)O)cc1Oc1ccc(C(=O)O)cc1C(=O)O. The Morgan fingerprint density at radius 2 is 1.09 bits per heavy atom. The zero-order chi connectivity index (χ0) is 25.9. The van der Waals surface area contributed by atoms with E-state index in [2.05, 4.69) is 0 Å². The molecule has 0 heterocycles. The summed E-state index contributed by atoms with van der Waals surface area (Å²) in [4.78, 5) is 45.7. The van der Waals surface area contributed by atoms with Gasteiger partial charge in [0.2, 0.25) is 0 Å². The predicted molar refractivity (Wildman–Crippen MR) is 121 cm³/mol. The van der Waals surface area contributed by atoms with Crippen LogP contribution in [0.1, 0.15) is 66.8 Å². The molecule has 180 valence electrons. The minimum Gasteiger partial charge on any atom is -0.478 e. The lowest BCUT2D eigenvalue weighted by Gasteiger charge is -2.17. The molecule has 0 radical (unpaired) electrons. The molecule has 0 aliphatic rings. The summed E-state index contributed by atoms with van der Waals surface area (Å²) < 4.78 is 11.6. The summed E-state index contributed by atoms with van der Waals surface area (Å²) in [5.41, 5.74) is -0.487. The molecule has 0 fully saturated rings. The Labute approximate surface area is 198 Å². The average Bonchev–Trinajstić information content (AvgIpc) is 2.79. The van der Waals surface area contributed by atoms with Crippen molar-refractivity contribution in [2.75, 3.05) is 0 Å². The molecule has 10 nitrogen and oxygen atoms in total. The van der Waals surface area contributed by atoms with Gasteiger partial charge in [-0.25, -0.2) is 19.2 Å². The number of benzene rings is 3. The normalized spacial score (nSPS) is 10.6. The highest BCUT2D eigenvalue weighted by Crippen LogP contribution is 2.37. The van der Waals surface area contributed by atoms with Crippen molar-refractivity contribution >= 4 is 23.9 Å². The molecular weight excluding hydrogens is 460 g/mol. The van der Waals surface area contributed by atoms with E-state index < -0.39 is 23.9 Å². The van der Waals surface area contributed by atoms with Gasteiger partial charge in [0.05, 0.1) is 11.1 Å². The van der Waals surface area contributed by atoms with Gasteiger partial charge in [0, 0.05) is 6.07 Å². The van der Waals surface area contributed by atoms with Crippen LogP contribution in [-0.4, -0.2) is 44.3 Å². The molecule has 3 rings (SSSR count). The monoisotopic (exact) mass is 480 g/mol. The van der Waals surface area contributed by atoms with E-state index in [4.69, 9.17) is 19.7 Å². The quantitative estimate of drug-likeness (QED) is 0.320. The van der Waals surface area contributed by atoms with Gasteiger partial charge in [0.15, 0.2) is 0 Å². The van der Waals surface area contributed by atoms with Crippen molar-refractivity contribution in [2.45, 2.75) is 19.8 Å². The largest absolute Gasteiger partial charge is 0.478 e. The average molecular weight is 480 g/mol. The Morgan fingerprint density at radius 1 is 0.600 bits per heavy atom. The number of carboxylic acids is 4. The number of aromatic carboxylic acids is 4. The lowest BCUT2D eigenvalue weighted by atomic mass is 10.0. The number of hydrogen-bond donors (Lipinski definition) is 4. The predicted octanol–water partition coefficient (Wildman–Crippen LogP) is 5.19. The Bertz CT molecular complexity index is 1340. The molecule has 0 unspecified atom stereocenters. The third-order valence-corrected chi connectivity index (χ3v) is 4.97. The summed E-state index contributed by atoms with van der Waals surface area (Å²) >= 11 is 0. The Kier molecular flexibility index (Phi) is 7.05. The number of carboxylic acid groups (broad SMARTS) is 4. The van der Waals surface area contributed by atoms with Gasteiger partial charge in [-0.15, -0.1) is 0 Å². The first-order chi connectivity index (χ1) is 16.5. The molecule has 10 heteroatoms. The number of carbonyl (C=O) groups is 4. The lowest BCUT2D eigenvalue weighted by molar-refractivity contribution is 0.0674. The smallest absolute Gasteiger partial charge is 0.339 e. The first-order valence-electron chi connectivity index (χ1n) is 10.2. The molecule has 0 saturated carbocycles. The number of hydrogen-bond acceptors (Lipinski definition) is 6. The van der Waals surface area contributed by atoms with Crippen LogP contribution in [0.15, 0.2) is 54.6 Å². The van der Waals surface area contributed by atoms with E-state index in [1.54, 1.807) is 12.1 Å². The fraction of sp³-hybridized carbons (Fsp3) is 0.120. The molecule has 0 bridgehead atoms. The van der Waals surface area contributed by atoms with E-state index in [-0.39, 0.29) is 51.2 Å². The summed E-state index contributed by atoms with van der Waals surface area (Å²) in [7, 11) is 0. The van der Waals surface area contributed by atoms with Crippen molar-refractivity contribution < 1.29 is 49.1 Å². The van der Waals surface area contributed by atoms with Crippen molar-refractivity contribution in [1.29, 1.82) is 0 Å². The molecule has 3 aromatic rings. The maximum absolute atomic E-state index is 11.7. The molecular formula is C25H20O10. The van der Waals surface area contributed by atoms with Crippen LogP contribution in [0.25, 0.3) is 0 Å². The topological polar surface area (TPSA) is 168 Å². The van der Waals surface area contributed by atoms with Crippen molar-refractivity contribution in [1.82, 2.24) is 0 Å². The molecule has 0 aliphatic heterocycles. The summed E-state index contributed by atoms with van der Waals surface area (Å²) in [6, 6.07) is 11.5. The van der Waals surface area contributed by atoms with E-state index >= 15 is 0 Å². The molecule has 0 saturated heterocycles. The number of ether oxygens (including phenoxy) is 2. The highest BCUT2D eigenvalue weighted by atomic mass is 16.5. The molecule has 4 N–H and O–H groups in total. The lowest BCUT2D eigenvalue weighted by Crippen LogP contribution is -2.06. The first-order valence-corrected chi connectivity index (χ1v) is 10.2. The highest BCUT2D eigenvalue weighted by molar-refractivity contribution is 5.96. The van der Waals surface area contributed by atoms with Crippen molar-refractivity contribution in [3.05, 3.63) is 82.4 Å². The van der Waals surface area contributed by atoms with Gasteiger partial charge >= 0.3 is 23.9 Å². The third-order valence-electron chi connectivity index (χ3n) is 4.97. The van der Waals surface area contributed by atoms with Crippen LogP contribution in [0.4, 0.5) is 0 Å². The van der Waals surface area contributed by atoms with E-state index in [0.717, 1.165) is 12.1 Å². The standard InChI is InChI=1S/C25H20O10/c1-12(2)16-6-5-15(34-19-7-3-13(22(26)27)9-17(19)24(30)31)11-21(16)35-20-8-4-14(23(28)29)10-18(20)25(32)33/h3-12H,1-2H3,(H,26,27)(H,28,29)(H,30,31)(H,32,33). The van der Waals surface area contributed by atoms with Crippen LogP contribution in [0.2, 0.25) is 0 Å². The van der Waals surface area contributed by atoms with E-state index in [9.17, 15) is 29.4 Å². The van der Waals surface area contributed by atoms with E-state index in [0.29, 0.717) is 5.56 Å². The molecule has 0 spiro atoms. The fourth-order valence-electron chi connectivity index (χ4n) is 3.23. The molecule has 0 aliphatic carbocycles. The van der Waals surface area contributed by atoms with Gasteiger partial charge in [-0.05, 0) is 53.9 Å². The van der Waals surface area contributed by atoms with Crippen LogP contribution in [0, 0.1) is 0 Å². The summed E-state index contributed by atoms with van der Waals surface area (Å²) in [5.74, 6) is -5.26. The van der Waals surface area contributed by atoms with Crippen LogP contribution in [-0.2, 0) is 0 Å². The second kappa shape index (κ2) is 9.96. The molecule has 3 aromatic carbocycles. The fourth-order valence-corrected chi connectivity index (χ4v) is 3.23. The van der Waals surface area contributed by atoms with Crippen LogP contribution in [0.5, 0.6) is 23.0 Å². The van der Waals surface area contributed by atoms with E-state index in [1.165, 1.54) is 30.3 Å². The Balaban J connectivity index is 2.04. The minimum atomic E-state index is -1.39. The van der Waals surface area contributed by atoms with Gasteiger partial charge in [0.25, 0.3) is 0 Å². The van der Waals surface area contributed by atoms with Gasteiger partial charge in [-0.2, -0.15) is 0 Å². The van der Waals surface area contributed by atoms with Crippen molar-refractivity contribution in [3.8, 4) is 23.0 Å². The molecule has 0 amide bonds. The third kappa shape index (κ3) is 5.56. The Morgan fingerprint density at radius 3 is 1.51 bits per heavy atom. The highest BCUT2D eigenvalue weighted by Gasteiger charge is 2.20. The second-order valence-electron chi connectivity index (χ2n) is 7.70. The summed E-state index contributed by atoms with van der Waals surface area (Å²) in [6.45, 7) is 3.75. The van der Waals surface area contributed by atoms with Crippen molar-refractivity contribution in [2.24, 2.45) is 0 Å². The van der Waals surface area contributed by atoms with Crippen LogP contribution < -0.4 is 9.47 Å². The van der Waals surface area contributed by atoms with Gasteiger partial charge < -0.3 is 29.9 Å². The molecule has 35 heavy (non-hydrogen) atoms. The van der Waals surface area contributed by atoms with Crippen LogP contribution >= 0.6 is 0 Å². The maximum Gasteiger partial charge on any atom is 0.339 e. The Hall–Kier alpha value is -4.86. The van der Waals surface area contributed by atoms with Crippen LogP contribution in [0.3, 0.4) is 0 Å². The van der Waals surface area contributed by atoms with Gasteiger partial charge in [-0.3, -0.25) is 0 Å². The number of rotatable bonds is 9. The first kappa shape index (κ1) is 24.8.